The first-order valence-corrected chi connectivity index (χ1v) is 9.06. The molecule has 4 heteroatoms. The van der Waals surface area contributed by atoms with E-state index >= 15 is 0 Å². The number of anilines is 3. The highest BCUT2D eigenvalue weighted by Crippen LogP contribution is 2.22. The number of hydrogen-bond donors (Lipinski definition) is 2. The van der Waals surface area contributed by atoms with Gasteiger partial charge in [-0.2, -0.15) is 4.98 Å². The summed E-state index contributed by atoms with van der Waals surface area (Å²) in [6.45, 7) is 6.26. The summed E-state index contributed by atoms with van der Waals surface area (Å²) in [6.07, 6.45) is 7.83. The number of aryl methyl sites for hydroxylation is 3. The van der Waals surface area contributed by atoms with Gasteiger partial charge in [-0.15, -0.1) is 0 Å². The lowest BCUT2D eigenvalue weighted by atomic mass is 10.1. The average Bonchev–Trinajstić information content (AvgIpc) is 2.79. The second-order valence-electron chi connectivity index (χ2n) is 6.98. The molecule has 1 aromatic carbocycles. The van der Waals surface area contributed by atoms with Gasteiger partial charge < -0.3 is 10.6 Å². The van der Waals surface area contributed by atoms with E-state index in [0.29, 0.717) is 12.0 Å². The zero-order valence-corrected chi connectivity index (χ0v) is 15.0. The third-order valence-corrected chi connectivity index (χ3v) is 4.82. The lowest BCUT2D eigenvalue weighted by Gasteiger charge is -2.18. The maximum absolute atomic E-state index is 4.67. The standard InChI is InChI=1S/C20H28N4/c1-14-10-11-18(12-15(14)2)23-20-21-16(3)13-19(24-20)22-17-8-6-4-5-7-9-17/h10-13,17H,4-9H2,1-3H3,(H2,21,22,23,24). The van der Waals surface area contributed by atoms with Crippen molar-refractivity contribution in [2.45, 2.75) is 65.3 Å². The quantitative estimate of drug-likeness (QED) is 0.751. The van der Waals surface area contributed by atoms with Crippen LogP contribution in [0.3, 0.4) is 0 Å². The van der Waals surface area contributed by atoms with E-state index in [-0.39, 0.29) is 0 Å². The van der Waals surface area contributed by atoms with Crippen molar-refractivity contribution < 1.29 is 0 Å². The Labute approximate surface area is 145 Å². The van der Waals surface area contributed by atoms with Crippen LogP contribution in [0.4, 0.5) is 17.5 Å². The topological polar surface area (TPSA) is 49.8 Å². The summed E-state index contributed by atoms with van der Waals surface area (Å²) >= 11 is 0. The van der Waals surface area contributed by atoms with Gasteiger partial charge in [0.1, 0.15) is 5.82 Å². The fourth-order valence-electron chi connectivity index (χ4n) is 3.28. The maximum atomic E-state index is 4.67. The minimum atomic E-state index is 0.538. The number of nitrogens with zero attached hydrogens (tertiary/aromatic N) is 2. The predicted molar refractivity (Wildman–Crippen MR) is 101 cm³/mol. The number of hydrogen-bond acceptors (Lipinski definition) is 4. The second-order valence-corrected chi connectivity index (χ2v) is 6.98. The average molecular weight is 324 g/mol. The van der Waals surface area contributed by atoms with E-state index in [4.69, 9.17) is 0 Å². The van der Waals surface area contributed by atoms with Crippen LogP contribution in [0, 0.1) is 20.8 Å². The van der Waals surface area contributed by atoms with Crippen LogP contribution in [-0.2, 0) is 0 Å². The molecule has 1 heterocycles. The van der Waals surface area contributed by atoms with E-state index in [1.165, 1.54) is 49.7 Å². The molecule has 2 aromatic rings. The lowest BCUT2D eigenvalue weighted by molar-refractivity contribution is 0.617. The molecule has 0 bridgehead atoms. The summed E-state index contributed by atoms with van der Waals surface area (Å²) in [7, 11) is 0. The molecule has 0 saturated heterocycles. The Morgan fingerprint density at radius 1 is 0.875 bits per heavy atom. The summed E-state index contributed by atoms with van der Waals surface area (Å²) in [5.74, 6) is 1.59. The van der Waals surface area contributed by atoms with Crippen LogP contribution in [0.5, 0.6) is 0 Å². The minimum absolute atomic E-state index is 0.538. The fourth-order valence-corrected chi connectivity index (χ4v) is 3.28. The molecule has 1 fully saturated rings. The molecule has 1 aliphatic carbocycles. The van der Waals surface area contributed by atoms with Crippen molar-refractivity contribution in [1.82, 2.24) is 9.97 Å². The molecule has 0 aliphatic heterocycles. The van der Waals surface area contributed by atoms with Crippen molar-refractivity contribution >= 4 is 17.5 Å². The zero-order chi connectivity index (χ0) is 16.9. The molecule has 0 atom stereocenters. The van der Waals surface area contributed by atoms with Crippen LogP contribution in [0.2, 0.25) is 0 Å². The summed E-state index contributed by atoms with van der Waals surface area (Å²) in [5, 5.41) is 6.96. The van der Waals surface area contributed by atoms with Crippen LogP contribution in [-0.4, -0.2) is 16.0 Å². The molecule has 1 aliphatic rings. The number of nitrogens with one attached hydrogen (secondary N) is 2. The third kappa shape index (κ3) is 4.47. The van der Waals surface area contributed by atoms with E-state index < -0.39 is 0 Å². The molecular formula is C20H28N4. The van der Waals surface area contributed by atoms with Crippen LogP contribution in [0.1, 0.15) is 55.3 Å². The van der Waals surface area contributed by atoms with Gasteiger partial charge in [-0.25, -0.2) is 4.98 Å². The van der Waals surface area contributed by atoms with Gasteiger partial charge in [-0.3, -0.25) is 0 Å². The molecule has 0 unspecified atom stereocenters. The molecule has 0 radical (unpaired) electrons. The highest BCUT2D eigenvalue weighted by molar-refractivity contribution is 5.57. The van der Waals surface area contributed by atoms with Gasteiger partial charge in [-0.1, -0.05) is 31.7 Å². The van der Waals surface area contributed by atoms with E-state index in [9.17, 15) is 0 Å². The second kappa shape index (κ2) is 7.65. The van der Waals surface area contributed by atoms with Crippen molar-refractivity contribution in [3.63, 3.8) is 0 Å². The molecule has 3 rings (SSSR count). The first-order chi connectivity index (χ1) is 11.6. The summed E-state index contributed by atoms with van der Waals surface area (Å²) in [4.78, 5) is 9.20. The molecular weight excluding hydrogens is 296 g/mol. The SMILES string of the molecule is Cc1cc(NC2CCCCCC2)nc(Nc2ccc(C)c(C)c2)n1. The van der Waals surface area contributed by atoms with E-state index in [2.05, 4.69) is 52.6 Å². The van der Waals surface area contributed by atoms with E-state index in [1.54, 1.807) is 0 Å². The molecule has 128 valence electrons. The molecule has 0 spiro atoms. The number of benzene rings is 1. The molecule has 0 amide bonds. The van der Waals surface area contributed by atoms with E-state index in [0.717, 1.165) is 17.2 Å². The van der Waals surface area contributed by atoms with Gasteiger partial charge in [0.05, 0.1) is 0 Å². The Hall–Kier alpha value is -2.10. The minimum Gasteiger partial charge on any atom is -0.367 e. The van der Waals surface area contributed by atoms with Crippen LogP contribution < -0.4 is 10.6 Å². The van der Waals surface area contributed by atoms with Crippen LogP contribution in [0.25, 0.3) is 0 Å². The fraction of sp³-hybridized carbons (Fsp3) is 0.500. The predicted octanol–water partition coefficient (Wildman–Crippen LogP) is 5.28. The zero-order valence-electron chi connectivity index (χ0n) is 15.0. The summed E-state index contributed by atoms with van der Waals surface area (Å²) in [5.41, 5.74) is 4.57. The van der Waals surface area contributed by atoms with Gasteiger partial charge >= 0.3 is 0 Å². The third-order valence-electron chi connectivity index (χ3n) is 4.82. The smallest absolute Gasteiger partial charge is 0.229 e. The molecule has 2 N–H and O–H groups in total. The van der Waals surface area contributed by atoms with Crippen molar-refractivity contribution in [2.24, 2.45) is 0 Å². The van der Waals surface area contributed by atoms with Crippen molar-refractivity contribution in [2.75, 3.05) is 10.6 Å². The highest BCUT2D eigenvalue weighted by Gasteiger charge is 2.13. The number of rotatable bonds is 4. The maximum Gasteiger partial charge on any atom is 0.229 e. The Kier molecular flexibility index (Phi) is 5.34. The Balaban J connectivity index is 1.74. The molecule has 1 aromatic heterocycles. The van der Waals surface area contributed by atoms with Crippen LogP contribution >= 0.6 is 0 Å². The largest absolute Gasteiger partial charge is 0.367 e. The van der Waals surface area contributed by atoms with Crippen LogP contribution in [0.15, 0.2) is 24.3 Å². The van der Waals surface area contributed by atoms with Gasteiger partial charge in [0, 0.05) is 23.5 Å². The molecule has 1 saturated carbocycles. The van der Waals surface area contributed by atoms with Crippen molar-refractivity contribution in [1.29, 1.82) is 0 Å². The van der Waals surface area contributed by atoms with E-state index in [1.807, 2.05) is 13.0 Å². The first kappa shape index (κ1) is 16.7. The normalized spacial score (nSPS) is 15.8. The van der Waals surface area contributed by atoms with Crippen molar-refractivity contribution in [3.05, 3.63) is 41.1 Å². The molecule has 4 nitrogen and oxygen atoms in total. The highest BCUT2D eigenvalue weighted by atomic mass is 15.1. The first-order valence-electron chi connectivity index (χ1n) is 9.06. The van der Waals surface area contributed by atoms with Gasteiger partial charge in [0.2, 0.25) is 5.95 Å². The monoisotopic (exact) mass is 324 g/mol. The van der Waals surface area contributed by atoms with Gasteiger partial charge in [-0.05, 0) is 56.9 Å². The Bertz CT molecular complexity index is 688. The van der Waals surface area contributed by atoms with Gasteiger partial charge in [0.15, 0.2) is 0 Å². The van der Waals surface area contributed by atoms with Gasteiger partial charge in [0.25, 0.3) is 0 Å². The van der Waals surface area contributed by atoms with Crippen molar-refractivity contribution in [3.8, 4) is 0 Å². The lowest BCUT2D eigenvalue weighted by Crippen LogP contribution is -2.19. The number of aromatic nitrogens is 2. The summed E-state index contributed by atoms with van der Waals surface area (Å²) in [6, 6.07) is 8.91. The molecule has 24 heavy (non-hydrogen) atoms. The Morgan fingerprint density at radius 2 is 1.62 bits per heavy atom. The summed E-state index contributed by atoms with van der Waals surface area (Å²) < 4.78 is 0. The Morgan fingerprint density at radius 3 is 2.33 bits per heavy atom.